The van der Waals surface area contributed by atoms with E-state index in [1.807, 2.05) is 0 Å². The Labute approximate surface area is 115 Å². The highest BCUT2D eigenvalue weighted by Gasteiger charge is 2.04. The molecule has 0 aliphatic heterocycles. The van der Waals surface area contributed by atoms with E-state index in [-0.39, 0.29) is 12.2 Å². The third-order valence-electron chi connectivity index (χ3n) is 2.75. The van der Waals surface area contributed by atoms with Crippen LogP contribution in [0.15, 0.2) is 42.5 Å². The van der Waals surface area contributed by atoms with Gasteiger partial charge in [0.2, 0.25) is 0 Å². The van der Waals surface area contributed by atoms with Gasteiger partial charge in [-0.25, -0.2) is 4.39 Å². The number of carboxylic acids is 1. The molecule has 5 heteroatoms. The van der Waals surface area contributed by atoms with E-state index in [0.29, 0.717) is 11.3 Å². The van der Waals surface area contributed by atoms with Gasteiger partial charge in [0.15, 0.2) is 11.6 Å². The van der Waals surface area contributed by atoms with Crippen molar-refractivity contribution in [3.8, 4) is 5.75 Å². The van der Waals surface area contributed by atoms with Gasteiger partial charge in [-0.15, -0.1) is 0 Å². The number of halogens is 1. The quantitative estimate of drug-likeness (QED) is 0.879. The molecule has 2 rings (SSSR count). The number of hydrogen-bond donors (Lipinski definition) is 2. The maximum absolute atomic E-state index is 13.5. The molecule has 0 aliphatic rings. The van der Waals surface area contributed by atoms with Crippen molar-refractivity contribution >= 4 is 17.3 Å². The van der Waals surface area contributed by atoms with E-state index in [2.05, 4.69) is 5.32 Å². The Morgan fingerprint density at radius 2 is 1.85 bits per heavy atom. The fourth-order valence-corrected chi connectivity index (χ4v) is 1.79. The van der Waals surface area contributed by atoms with Gasteiger partial charge in [-0.1, -0.05) is 12.1 Å². The first-order valence-electron chi connectivity index (χ1n) is 6.00. The largest absolute Gasteiger partial charge is 0.494 e. The number of methoxy groups -OCH3 is 1. The SMILES string of the molecule is COc1ccc(Nc2ccc(CC(=O)O)cc2)cc1F. The van der Waals surface area contributed by atoms with Crippen molar-refractivity contribution in [1.29, 1.82) is 0 Å². The Morgan fingerprint density at radius 3 is 2.40 bits per heavy atom. The summed E-state index contributed by atoms with van der Waals surface area (Å²) in [5.74, 6) is -1.13. The molecular formula is C15H14FNO3. The Bertz CT molecular complexity index is 611. The number of hydrogen-bond acceptors (Lipinski definition) is 3. The van der Waals surface area contributed by atoms with Crippen molar-refractivity contribution in [3.05, 3.63) is 53.8 Å². The standard InChI is InChI=1S/C15H14FNO3/c1-20-14-7-6-12(9-13(14)16)17-11-4-2-10(3-5-11)8-15(18)19/h2-7,9,17H,8H2,1H3,(H,18,19). The Morgan fingerprint density at radius 1 is 1.20 bits per heavy atom. The molecule has 0 fully saturated rings. The first-order valence-corrected chi connectivity index (χ1v) is 6.00. The summed E-state index contributed by atoms with van der Waals surface area (Å²) < 4.78 is 18.4. The van der Waals surface area contributed by atoms with Gasteiger partial charge in [0.1, 0.15) is 0 Å². The molecule has 0 amide bonds. The zero-order chi connectivity index (χ0) is 14.5. The van der Waals surface area contributed by atoms with E-state index in [9.17, 15) is 9.18 Å². The molecule has 0 saturated heterocycles. The number of carbonyl (C=O) groups is 1. The lowest BCUT2D eigenvalue weighted by atomic mass is 10.1. The van der Waals surface area contributed by atoms with Gasteiger partial charge < -0.3 is 15.2 Å². The van der Waals surface area contributed by atoms with Gasteiger partial charge in [0.05, 0.1) is 13.5 Å². The normalized spacial score (nSPS) is 10.1. The fourth-order valence-electron chi connectivity index (χ4n) is 1.79. The molecule has 0 bridgehead atoms. The van der Waals surface area contributed by atoms with E-state index in [0.717, 1.165) is 5.69 Å². The second-order valence-electron chi connectivity index (χ2n) is 4.24. The number of benzene rings is 2. The second-order valence-corrected chi connectivity index (χ2v) is 4.24. The summed E-state index contributed by atoms with van der Waals surface area (Å²) >= 11 is 0. The number of rotatable bonds is 5. The van der Waals surface area contributed by atoms with E-state index in [4.69, 9.17) is 9.84 Å². The minimum atomic E-state index is -0.872. The van der Waals surface area contributed by atoms with E-state index < -0.39 is 11.8 Å². The van der Waals surface area contributed by atoms with Gasteiger partial charge in [0.25, 0.3) is 0 Å². The summed E-state index contributed by atoms with van der Waals surface area (Å²) in [4.78, 5) is 10.6. The Kier molecular flexibility index (Phi) is 4.20. The number of ether oxygens (including phenoxy) is 1. The van der Waals surface area contributed by atoms with Crippen LogP contribution in [-0.4, -0.2) is 18.2 Å². The van der Waals surface area contributed by atoms with Crippen LogP contribution in [0.2, 0.25) is 0 Å². The molecule has 0 heterocycles. The Balaban J connectivity index is 2.10. The second kappa shape index (κ2) is 6.06. The highest BCUT2D eigenvalue weighted by atomic mass is 19.1. The average molecular weight is 275 g/mol. The van der Waals surface area contributed by atoms with Gasteiger partial charge in [-0.3, -0.25) is 4.79 Å². The highest BCUT2D eigenvalue weighted by molar-refractivity contribution is 5.70. The molecular weight excluding hydrogens is 261 g/mol. The average Bonchev–Trinajstić information content (AvgIpc) is 2.41. The zero-order valence-electron chi connectivity index (χ0n) is 10.9. The maximum Gasteiger partial charge on any atom is 0.307 e. The molecule has 104 valence electrons. The van der Waals surface area contributed by atoms with E-state index in [1.54, 1.807) is 30.3 Å². The van der Waals surface area contributed by atoms with Gasteiger partial charge in [0, 0.05) is 17.4 Å². The monoisotopic (exact) mass is 275 g/mol. The number of nitrogens with one attached hydrogen (secondary N) is 1. The van der Waals surface area contributed by atoms with Crippen LogP contribution >= 0.6 is 0 Å². The number of aliphatic carboxylic acids is 1. The lowest BCUT2D eigenvalue weighted by molar-refractivity contribution is -0.136. The smallest absolute Gasteiger partial charge is 0.307 e. The molecule has 0 atom stereocenters. The van der Waals surface area contributed by atoms with Crippen LogP contribution in [0.4, 0.5) is 15.8 Å². The molecule has 0 spiro atoms. The number of carboxylic acid groups (broad SMARTS) is 1. The lowest BCUT2D eigenvalue weighted by Gasteiger charge is -2.09. The van der Waals surface area contributed by atoms with Crippen molar-refractivity contribution in [2.75, 3.05) is 12.4 Å². The summed E-state index contributed by atoms with van der Waals surface area (Å²) in [5.41, 5.74) is 2.06. The summed E-state index contributed by atoms with van der Waals surface area (Å²) in [7, 11) is 1.41. The van der Waals surface area contributed by atoms with Gasteiger partial charge >= 0.3 is 5.97 Å². The van der Waals surface area contributed by atoms with Crippen molar-refractivity contribution < 1.29 is 19.0 Å². The molecule has 0 aliphatic carbocycles. The van der Waals surface area contributed by atoms with Crippen molar-refractivity contribution in [1.82, 2.24) is 0 Å². The van der Waals surface area contributed by atoms with Crippen molar-refractivity contribution in [2.24, 2.45) is 0 Å². The molecule has 0 unspecified atom stereocenters. The molecule has 0 aromatic heterocycles. The predicted molar refractivity (Wildman–Crippen MR) is 74.0 cm³/mol. The lowest BCUT2D eigenvalue weighted by Crippen LogP contribution is -2.00. The predicted octanol–water partition coefficient (Wildman–Crippen LogP) is 3.21. The topological polar surface area (TPSA) is 58.6 Å². The van der Waals surface area contributed by atoms with E-state index >= 15 is 0 Å². The van der Waals surface area contributed by atoms with Crippen molar-refractivity contribution in [2.45, 2.75) is 6.42 Å². The van der Waals surface area contributed by atoms with Crippen LogP contribution in [0.25, 0.3) is 0 Å². The minimum absolute atomic E-state index is 0.0164. The first-order chi connectivity index (χ1) is 9.58. The molecule has 2 aromatic carbocycles. The third-order valence-corrected chi connectivity index (χ3v) is 2.75. The summed E-state index contributed by atoms with van der Waals surface area (Å²) in [6.45, 7) is 0. The van der Waals surface area contributed by atoms with Crippen LogP contribution < -0.4 is 10.1 Å². The van der Waals surface area contributed by atoms with Crippen LogP contribution in [0, 0.1) is 5.82 Å². The maximum atomic E-state index is 13.5. The number of anilines is 2. The van der Waals surface area contributed by atoms with Crippen LogP contribution in [0.3, 0.4) is 0 Å². The molecule has 2 aromatic rings. The first kappa shape index (κ1) is 13.9. The highest BCUT2D eigenvalue weighted by Crippen LogP contribution is 2.23. The molecule has 4 nitrogen and oxygen atoms in total. The minimum Gasteiger partial charge on any atom is -0.494 e. The van der Waals surface area contributed by atoms with Crippen LogP contribution in [-0.2, 0) is 11.2 Å². The fraction of sp³-hybridized carbons (Fsp3) is 0.133. The van der Waals surface area contributed by atoms with Crippen LogP contribution in [0.5, 0.6) is 5.75 Å². The van der Waals surface area contributed by atoms with Crippen LogP contribution in [0.1, 0.15) is 5.56 Å². The molecule has 0 saturated carbocycles. The zero-order valence-corrected chi connectivity index (χ0v) is 10.9. The van der Waals surface area contributed by atoms with Crippen molar-refractivity contribution in [3.63, 3.8) is 0 Å². The third kappa shape index (κ3) is 3.47. The van der Waals surface area contributed by atoms with Gasteiger partial charge in [-0.05, 0) is 29.8 Å². The summed E-state index contributed by atoms with van der Waals surface area (Å²) in [6, 6.07) is 11.5. The summed E-state index contributed by atoms with van der Waals surface area (Å²) in [6.07, 6.45) is -0.0164. The molecule has 20 heavy (non-hydrogen) atoms. The molecule has 2 N–H and O–H groups in total. The summed E-state index contributed by atoms with van der Waals surface area (Å²) in [5, 5.41) is 11.7. The molecule has 0 radical (unpaired) electrons. The Hall–Kier alpha value is -2.56. The van der Waals surface area contributed by atoms with E-state index in [1.165, 1.54) is 19.2 Å². The van der Waals surface area contributed by atoms with Gasteiger partial charge in [-0.2, -0.15) is 0 Å².